The second-order valence-corrected chi connectivity index (χ2v) is 9.78. The van der Waals surface area contributed by atoms with Crippen LogP contribution in [-0.4, -0.2) is 34.0 Å². The van der Waals surface area contributed by atoms with Gasteiger partial charge in [-0.3, -0.25) is 9.59 Å². The zero-order chi connectivity index (χ0) is 17.7. The fourth-order valence-corrected chi connectivity index (χ4v) is 7.51. The van der Waals surface area contributed by atoms with Crippen molar-refractivity contribution in [3.05, 3.63) is 0 Å². The first kappa shape index (κ1) is 16.7. The lowest BCUT2D eigenvalue weighted by atomic mass is 9.39. The van der Waals surface area contributed by atoms with Crippen molar-refractivity contribution in [3.63, 3.8) is 0 Å². The van der Waals surface area contributed by atoms with Crippen LogP contribution in [0.25, 0.3) is 0 Å². The van der Waals surface area contributed by atoms with Gasteiger partial charge in [-0.1, -0.05) is 27.7 Å². The van der Waals surface area contributed by atoms with E-state index in [-0.39, 0.29) is 40.7 Å². The van der Waals surface area contributed by atoms with E-state index < -0.39 is 23.0 Å². The fourth-order valence-electron chi connectivity index (χ4n) is 7.51. The summed E-state index contributed by atoms with van der Waals surface area (Å²) in [7, 11) is 0. The van der Waals surface area contributed by atoms with Crippen LogP contribution < -0.4 is 0 Å². The number of carbonyl (C=O) groups is 2. The highest BCUT2D eigenvalue weighted by Gasteiger charge is 2.74. The number of aliphatic hydroxyl groups is 2. The molecule has 1 spiro atoms. The van der Waals surface area contributed by atoms with E-state index in [2.05, 4.69) is 6.92 Å². The zero-order valence-electron chi connectivity index (χ0n) is 15.2. The van der Waals surface area contributed by atoms with Crippen molar-refractivity contribution < 1.29 is 19.8 Å². The molecule has 0 heterocycles. The van der Waals surface area contributed by atoms with Gasteiger partial charge < -0.3 is 10.2 Å². The van der Waals surface area contributed by atoms with Crippen LogP contribution in [0.3, 0.4) is 0 Å². The molecular weight excluding hydrogens is 304 g/mol. The average molecular weight is 334 g/mol. The Morgan fingerprint density at radius 3 is 2.38 bits per heavy atom. The van der Waals surface area contributed by atoms with Crippen molar-refractivity contribution >= 4 is 11.6 Å². The lowest BCUT2D eigenvalue weighted by molar-refractivity contribution is -0.222. The minimum atomic E-state index is -0.996. The molecule has 4 rings (SSSR count). The van der Waals surface area contributed by atoms with Gasteiger partial charge in [0.2, 0.25) is 0 Å². The Hall–Kier alpha value is -0.740. The maximum absolute atomic E-state index is 13.2. The van der Waals surface area contributed by atoms with Gasteiger partial charge in [0.25, 0.3) is 0 Å². The largest absolute Gasteiger partial charge is 0.392 e. The highest BCUT2D eigenvalue weighted by molar-refractivity contribution is 5.92. The molecule has 2 N–H and O–H groups in total. The summed E-state index contributed by atoms with van der Waals surface area (Å²) in [5.74, 6) is 0.219. The Bertz CT molecular complexity index is 611. The Labute approximate surface area is 144 Å². The molecule has 0 saturated heterocycles. The molecule has 0 aromatic carbocycles. The van der Waals surface area contributed by atoms with Crippen molar-refractivity contribution in [2.24, 2.45) is 39.9 Å². The Morgan fingerprint density at radius 2 is 1.71 bits per heavy atom. The van der Waals surface area contributed by atoms with Crippen molar-refractivity contribution in [1.82, 2.24) is 0 Å². The summed E-state index contributed by atoms with van der Waals surface area (Å²) in [5, 5.41) is 22.2. The summed E-state index contributed by atoms with van der Waals surface area (Å²) in [6.07, 6.45) is 1.95. The number of rotatable bonds is 0. The quantitative estimate of drug-likeness (QED) is 0.713. The first-order valence-electron chi connectivity index (χ1n) is 9.53. The highest BCUT2D eigenvalue weighted by atomic mass is 16.3. The molecule has 0 radical (unpaired) electrons. The number of Topliss-reactive ketones (excluding diaryl/α,β-unsaturated/α-hetero) is 2. The summed E-state index contributed by atoms with van der Waals surface area (Å²) in [6, 6.07) is 0. The third kappa shape index (κ3) is 1.58. The number of carbonyl (C=O) groups excluding carboxylic acids is 2. The van der Waals surface area contributed by atoms with Gasteiger partial charge in [0.05, 0.1) is 17.6 Å². The predicted octanol–water partition coefficient (Wildman–Crippen LogP) is 2.35. The Kier molecular flexibility index (Phi) is 3.27. The Morgan fingerprint density at radius 1 is 1.04 bits per heavy atom. The minimum Gasteiger partial charge on any atom is -0.392 e. The lowest BCUT2D eigenvalue weighted by Crippen LogP contribution is -2.68. The van der Waals surface area contributed by atoms with Gasteiger partial charge in [0, 0.05) is 17.8 Å². The molecule has 0 aromatic rings. The molecule has 24 heavy (non-hydrogen) atoms. The van der Waals surface area contributed by atoms with E-state index in [0.29, 0.717) is 12.8 Å². The predicted molar refractivity (Wildman–Crippen MR) is 89.1 cm³/mol. The summed E-state index contributed by atoms with van der Waals surface area (Å²) in [5.41, 5.74) is -1.63. The van der Waals surface area contributed by atoms with Crippen LogP contribution in [0.4, 0.5) is 0 Å². The minimum absolute atomic E-state index is 0.0122. The number of hydrogen-bond acceptors (Lipinski definition) is 4. The van der Waals surface area contributed by atoms with E-state index >= 15 is 0 Å². The van der Waals surface area contributed by atoms with Crippen LogP contribution in [-0.2, 0) is 9.59 Å². The zero-order valence-corrected chi connectivity index (χ0v) is 15.2. The number of hydrogen-bond donors (Lipinski definition) is 2. The first-order valence-corrected chi connectivity index (χ1v) is 9.53. The van der Waals surface area contributed by atoms with E-state index in [4.69, 9.17) is 0 Å². The van der Waals surface area contributed by atoms with E-state index in [1.165, 1.54) is 0 Å². The van der Waals surface area contributed by atoms with Gasteiger partial charge in [-0.2, -0.15) is 0 Å². The average Bonchev–Trinajstić information content (AvgIpc) is 2.64. The topological polar surface area (TPSA) is 74.6 Å². The summed E-state index contributed by atoms with van der Waals surface area (Å²) < 4.78 is 0. The SMILES string of the molecule is CC1C(=O)C23C(O)CC4C(C)(C)C(=O)CCC4(C)C2CCC1C3O. The van der Waals surface area contributed by atoms with Gasteiger partial charge >= 0.3 is 0 Å². The summed E-state index contributed by atoms with van der Waals surface area (Å²) >= 11 is 0. The molecule has 8 atom stereocenters. The van der Waals surface area contributed by atoms with E-state index in [0.717, 1.165) is 19.3 Å². The first-order chi connectivity index (χ1) is 11.1. The monoisotopic (exact) mass is 334 g/mol. The van der Waals surface area contributed by atoms with Crippen molar-refractivity contribution in [2.75, 3.05) is 0 Å². The molecule has 4 aliphatic carbocycles. The smallest absolute Gasteiger partial charge is 0.147 e. The molecule has 0 amide bonds. The van der Waals surface area contributed by atoms with Crippen molar-refractivity contribution in [3.8, 4) is 0 Å². The number of ketones is 2. The molecule has 8 unspecified atom stereocenters. The van der Waals surface area contributed by atoms with Gasteiger partial charge in [0.1, 0.15) is 11.6 Å². The summed E-state index contributed by atoms with van der Waals surface area (Å²) in [4.78, 5) is 25.7. The Balaban J connectivity index is 1.87. The van der Waals surface area contributed by atoms with E-state index in [1.54, 1.807) is 0 Å². The van der Waals surface area contributed by atoms with E-state index in [1.807, 2.05) is 20.8 Å². The van der Waals surface area contributed by atoms with Gasteiger partial charge in [-0.15, -0.1) is 0 Å². The van der Waals surface area contributed by atoms with Gasteiger partial charge in [0.15, 0.2) is 0 Å². The second kappa shape index (κ2) is 4.70. The third-order valence-electron chi connectivity index (χ3n) is 8.83. The van der Waals surface area contributed by atoms with Crippen LogP contribution in [0.15, 0.2) is 0 Å². The molecule has 4 saturated carbocycles. The van der Waals surface area contributed by atoms with Crippen LogP contribution >= 0.6 is 0 Å². The normalized spacial score (nSPS) is 55.9. The number of fused-ring (bicyclic) bond motifs is 3. The van der Waals surface area contributed by atoms with Crippen molar-refractivity contribution in [2.45, 2.75) is 72.0 Å². The molecule has 4 aliphatic rings. The second-order valence-electron chi connectivity index (χ2n) is 9.78. The van der Waals surface area contributed by atoms with Crippen molar-refractivity contribution in [1.29, 1.82) is 0 Å². The number of aliphatic hydroxyl groups excluding tert-OH is 2. The molecule has 134 valence electrons. The van der Waals surface area contributed by atoms with Gasteiger partial charge in [-0.25, -0.2) is 0 Å². The van der Waals surface area contributed by atoms with Gasteiger partial charge in [-0.05, 0) is 48.9 Å². The highest BCUT2D eigenvalue weighted by Crippen LogP contribution is 2.70. The maximum Gasteiger partial charge on any atom is 0.147 e. The van der Waals surface area contributed by atoms with Crippen LogP contribution in [0.5, 0.6) is 0 Å². The summed E-state index contributed by atoms with van der Waals surface area (Å²) in [6.45, 7) is 8.14. The lowest BCUT2D eigenvalue weighted by Gasteiger charge is -2.64. The molecule has 4 fully saturated rings. The maximum atomic E-state index is 13.2. The molecule has 4 nitrogen and oxygen atoms in total. The molecule has 4 heteroatoms. The third-order valence-corrected chi connectivity index (χ3v) is 8.83. The van der Waals surface area contributed by atoms with Crippen LogP contribution in [0.1, 0.15) is 59.8 Å². The standard InChI is InChI=1S/C20H30O4/c1-10-11-5-6-12-19(4)8-7-14(21)18(2,3)13(19)9-15(22)20(12,16(10)23)17(11)24/h10-13,15,17,22,24H,5-9H2,1-4H3. The molecule has 2 bridgehead atoms. The molecule has 0 aromatic heterocycles. The molecular formula is C20H30O4. The van der Waals surface area contributed by atoms with Crippen LogP contribution in [0, 0.1) is 39.9 Å². The fraction of sp³-hybridized carbons (Fsp3) is 0.900. The van der Waals surface area contributed by atoms with Crippen LogP contribution in [0.2, 0.25) is 0 Å². The molecule has 0 aliphatic heterocycles. The van der Waals surface area contributed by atoms with E-state index in [9.17, 15) is 19.8 Å².